The molecule has 0 aliphatic carbocycles. The topological polar surface area (TPSA) is 67.1 Å². The Bertz CT molecular complexity index is 775. The summed E-state index contributed by atoms with van der Waals surface area (Å²) in [5.41, 5.74) is 0.300. The van der Waals surface area contributed by atoms with E-state index in [1.165, 1.54) is 13.2 Å². The van der Waals surface area contributed by atoms with Crippen molar-refractivity contribution in [1.29, 1.82) is 0 Å². The molecule has 0 bridgehead atoms. The second kappa shape index (κ2) is 5.85. The summed E-state index contributed by atoms with van der Waals surface area (Å²) in [5, 5.41) is 0. The predicted molar refractivity (Wildman–Crippen MR) is 79.6 cm³/mol. The van der Waals surface area contributed by atoms with Gasteiger partial charge in [0.2, 0.25) is 6.79 Å². The maximum Gasteiger partial charge on any atom is 0.339 e. The normalized spacial score (nSPS) is 12.6. The van der Waals surface area contributed by atoms with Crippen molar-refractivity contribution in [2.75, 3.05) is 21.0 Å². The van der Waals surface area contributed by atoms with Crippen LogP contribution in [0.4, 0.5) is 0 Å². The maximum atomic E-state index is 11.4. The first-order valence-corrected chi connectivity index (χ1v) is 6.54. The van der Waals surface area contributed by atoms with E-state index in [9.17, 15) is 4.79 Å². The van der Waals surface area contributed by atoms with Gasteiger partial charge in [-0.15, -0.1) is 0 Å². The number of benzene rings is 1. The van der Waals surface area contributed by atoms with Crippen LogP contribution < -0.4 is 24.6 Å². The van der Waals surface area contributed by atoms with Crippen LogP contribution in [0.2, 0.25) is 0 Å². The molecule has 0 saturated heterocycles. The zero-order valence-electron chi connectivity index (χ0n) is 12.1. The third-order valence-electron chi connectivity index (χ3n) is 3.15. The van der Waals surface area contributed by atoms with Crippen LogP contribution in [0.25, 0.3) is 12.2 Å². The largest absolute Gasteiger partial charge is 0.496 e. The first kappa shape index (κ1) is 14.1. The Kier molecular flexibility index (Phi) is 3.74. The average molecular weight is 302 g/mol. The van der Waals surface area contributed by atoms with Gasteiger partial charge in [-0.25, -0.2) is 4.79 Å². The number of methoxy groups -OCH3 is 2. The molecule has 0 atom stereocenters. The first-order valence-electron chi connectivity index (χ1n) is 6.54. The second-order valence-electron chi connectivity index (χ2n) is 4.50. The predicted octanol–water partition coefficient (Wildman–Crippen LogP) is 2.56. The van der Waals surface area contributed by atoms with Crippen molar-refractivity contribution < 1.29 is 23.4 Å². The molecule has 0 N–H and O–H groups in total. The Balaban J connectivity index is 1.95. The highest BCUT2D eigenvalue weighted by Gasteiger charge is 2.16. The molecule has 0 spiro atoms. The van der Waals surface area contributed by atoms with E-state index in [-0.39, 0.29) is 6.79 Å². The van der Waals surface area contributed by atoms with Gasteiger partial charge < -0.3 is 23.4 Å². The zero-order valence-corrected chi connectivity index (χ0v) is 12.1. The Morgan fingerprint density at radius 3 is 2.50 bits per heavy atom. The molecule has 0 amide bonds. The van der Waals surface area contributed by atoms with Gasteiger partial charge in [-0.1, -0.05) is 0 Å². The second-order valence-corrected chi connectivity index (χ2v) is 4.50. The summed E-state index contributed by atoms with van der Waals surface area (Å²) < 4.78 is 26.1. The van der Waals surface area contributed by atoms with Crippen LogP contribution in [0.3, 0.4) is 0 Å². The standard InChI is InChI=1S/C16H14O6/c1-18-12-6-11(22-16(17)7-12)4-3-10-5-14-15(21-9-20-14)8-13(10)19-2/h3-8H,9H2,1-2H3/b4-3+. The Labute approximate surface area is 126 Å². The van der Waals surface area contributed by atoms with Crippen molar-refractivity contribution in [3.8, 4) is 23.0 Å². The van der Waals surface area contributed by atoms with Crippen molar-refractivity contribution in [3.63, 3.8) is 0 Å². The van der Waals surface area contributed by atoms with E-state index in [4.69, 9.17) is 23.4 Å². The molecule has 3 rings (SSSR count). The van der Waals surface area contributed by atoms with Gasteiger partial charge in [0.1, 0.15) is 17.3 Å². The fourth-order valence-electron chi connectivity index (χ4n) is 2.09. The summed E-state index contributed by atoms with van der Waals surface area (Å²) in [6, 6.07) is 6.45. The van der Waals surface area contributed by atoms with Gasteiger partial charge in [0, 0.05) is 17.7 Å². The number of fused-ring (bicyclic) bond motifs is 1. The molecule has 1 aliphatic heterocycles. The van der Waals surface area contributed by atoms with Crippen molar-refractivity contribution in [1.82, 2.24) is 0 Å². The molecule has 6 heteroatoms. The fourth-order valence-corrected chi connectivity index (χ4v) is 2.09. The number of hydrogen-bond donors (Lipinski definition) is 0. The molecule has 0 radical (unpaired) electrons. The minimum Gasteiger partial charge on any atom is -0.496 e. The molecule has 0 saturated carbocycles. The van der Waals surface area contributed by atoms with E-state index in [2.05, 4.69) is 0 Å². The van der Waals surface area contributed by atoms with Crippen molar-refractivity contribution in [2.24, 2.45) is 0 Å². The summed E-state index contributed by atoms with van der Waals surface area (Å²) in [6.07, 6.45) is 3.42. The summed E-state index contributed by atoms with van der Waals surface area (Å²) in [6.45, 7) is 0.191. The number of hydrogen-bond acceptors (Lipinski definition) is 6. The summed E-state index contributed by atoms with van der Waals surface area (Å²) in [4.78, 5) is 11.4. The molecule has 0 fully saturated rings. The van der Waals surface area contributed by atoms with Gasteiger partial charge in [-0.2, -0.15) is 0 Å². The third-order valence-corrected chi connectivity index (χ3v) is 3.15. The lowest BCUT2D eigenvalue weighted by atomic mass is 10.1. The smallest absolute Gasteiger partial charge is 0.339 e. The maximum absolute atomic E-state index is 11.4. The lowest BCUT2D eigenvalue weighted by Crippen LogP contribution is -1.98. The first-order chi connectivity index (χ1) is 10.7. The van der Waals surface area contributed by atoms with E-state index < -0.39 is 5.63 Å². The van der Waals surface area contributed by atoms with E-state index in [1.807, 2.05) is 0 Å². The van der Waals surface area contributed by atoms with E-state index in [0.717, 1.165) is 5.56 Å². The average Bonchev–Trinajstić information content (AvgIpc) is 2.98. The van der Waals surface area contributed by atoms with Gasteiger partial charge in [-0.3, -0.25) is 0 Å². The van der Waals surface area contributed by atoms with Gasteiger partial charge in [-0.05, 0) is 18.2 Å². The minimum atomic E-state index is -0.475. The number of ether oxygens (including phenoxy) is 4. The van der Waals surface area contributed by atoms with Crippen LogP contribution >= 0.6 is 0 Å². The highest BCUT2D eigenvalue weighted by atomic mass is 16.7. The van der Waals surface area contributed by atoms with Crippen molar-refractivity contribution in [2.45, 2.75) is 0 Å². The lowest BCUT2D eigenvalue weighted by Gasteiger charge is -2.06. The molecule has 0 unspecified atom stereocenters. The van der Waals surface area contributed by atoms with Gasteiger partial charge >= 0.3 is 5.63 Å². The molecule has 114 valence electrons. The van der Waals surface area contributed by atoms with E-state index in [0.29, 0.717) is 28.8 Å². The SMILES string of the molecule is COc1cc(/C=C/c2cc3c(cc2OC)OCO3)oc(=O)c1. The van der Waals surface area contributed by atoms with Crippen molar-refractivity contribution >= 4 is 12.2 Å². The quantitative estimate of drug-likeness (QED) is 0.864. The van der Waals surface area contributed by atoms with Gasteiger partial charge in [0.05, 0.1) is 20.3 Å². The molecular formula is C16H14O6. The van der Waals surface area contributed by atoms with Crippen LogP contribution in [0, 0.1) is 0 Å². The van der Waals surface area contributed by atoms with Crippen LogP contribution in [0.1, 0.15) is 11.3 Å². The lowest BCUT2D eigenvalue weighted by molar-refractivity contribution is 0.174. The molecule has 22 heavy (non-hydrogen) atoms. The van der Waals surface area contributed by atoms with E-state index in [1.54, 1.807) is 37.5 Å². The molecule has 6 nitrogen and oxygen atoms in total. The van der Waals surface area contributed by atoms with Gasteiger partial charge in [0.15, 0.2) is 11.5 Å². The summed E-state index contributed by atoms with van der Waals surface area (Å²) >= 11 is 0. The monoisotopic (exact) mass is 302 g/mol. The summed E-state index contributed by atoms with van der Waals surface area (Å²) in [7, 11) is 3.06. The molecule has 1 aromatic heterocycles. The molecule has 1 aromatic carbocycles. The third kappa shape index (κ3) is 2.76. The fraction of sp³-hybridized carbons (Fsp3) is 0.188. The van der Waals surface area contributed by atoms with E-state index >= 15 is 0 Å². The van der Waals surface area contributed by atoms with Crippen LogP contribution in [-0.4, -0.2) is 21.0 Å². The van der Waals surface area contributed by atoms with Crippen LogP contribution in [-0.2, 0) is 0 Å². The van der Waals surface area contributed by atoms with Gasteiger partial charge in [0.25, 0.3) is 0 Å². The molecule has 1 aliphatic rings. The molecule has 2 heterocycles. The van der Waals surface area contributed by atoms with Crippen LogP contribution in [0.5, 0.6) is 23.0 Å². The Hall–Kier alpha value is -2.89. The summed E-state index contributed by atoms with van der Waals surface area (Å²) in [5.74, 6) is 2.73. The van der Waals surface area contributed by atoms with Crippen molar-refractivity contribution in [3.05, 3.63) is 46.0 Å². The van der Waals surface area contributed by atoms with Crippen LogP contribution in [0.15, 0.2) is 33.5 Å². The molecular weight excluding hydrogens is 288 g/mol. The highest BCUT2D eigenvalue weighted by Crippen LogP contribution is 2.38. The zero-order chi connectivity index (χ0) is 15.5. The Morgan fingerprint density at radius 1 is 1.00 bits per heavy atom. The highest BCUT2D eigenvalue weighted by molar-refractivity contribution is 5.73. The Morgan fingerprint density at radius 2 is 1.77 bits per heavy atom. The molecule has 2 aromatic rings. The minimum absolute atomic E-state index is 0.191. The number of rotatable bonds is 4.